The molecule has 0 aliphatic rings. The minimum Gasteiger partial charge on any atom is -0.198 e. The summed E-state index contributed by atoms with van der Waals surface area (Å²) in [4.78, 5) is 1.02. The summed E-state index contributed by atoms with van der Waals surface area (Å²) in [7, 11) is 0. The fraction of sp³-hybridized carbons (Fsp3) is 0.200. The summed E-state index contributed by atoms with van der Waals surface area (Å²) < 4.78 is 0. The molecule has 0 saturated heterocycles. The molecule has 0 saturated carbocycles. The lowest BCUT2D eigenvalue weighted by molar-refractivity contribution is 0.940. The second-order valence-electron chi connectivity index (χ2n) is 1.99. The van der Waals surface area contributed by atoms with Gasteiger partial charge in [-0.2, -0.15) is 15.4 Å². The van der Waals surface area contributed by atoms with Crippen molar-refractivity contribution in [3.05, 3.63) is 42.7 Å². The maximum atomic E-state index is 4.08. The monoisotopic (exact) mass is 209 g/mol. The zero-order valence-corrected chi connectivity index (χ0v) is 9.28. The van der Waals surface area contributed by atoms with Crippen molar-refractivity contribution in [2.75, 3.05) is 0 Å². The Morgan fingerprint density at radius 1 is 1.00 bits per heavy atom. The Balaban J connectivity index is 0.000000213. The summed E-state index contributed by atoms with van der Waals surface area (Å²) in [5, 5.41) is 9.33. The van der Waals surface area contributed by atoms with E-state index in [4.69, 9.17) is 0 Å². The zero-order valence-electron chi connectivity index (χ0n) is 8.38. The molecule has 0 unspecified atom stereocenters. The number of hydrogen-bond donors (Lipinski definition) is 2. The lowest BCUT2D eigenvalue weighted by atomic mass is 10.4. The normalized spacial score (nSPS) is 7.64. The molecule has 0 spiro atoms. The Kier molecular flexibility index (Phi) is 8.89. The van der Waals surface area contributed by atoms with Crippen LogP contribution in [0.3, 0.4) is 0 Å². The fourth-order valence-electron chi connectivity index (χ4n) is 0.595. The van der Waals surface area contributed by atoms with Crippen molar-refractivity contribution < 1.29 is 0 Å². The number of rotatable bonds is 0. The maximum Gasteiger partial charge on any atom is 0.0690 e. The number of aromatic nitrogens is 3. The Hall–Kier alpha value is -1.29. The second-order valence-corrected chi connectivity index (χ2v) is 2.51. The first-order valence-electron chi connectivity index (χ1n) is 4.43. The van der Waals surface area contributed by atoms with Crippen LogP contribution in [0.25, 0.3) is 0 Å². The van der Waals surface area contributed by atoms with Crippen LogP contribution in [0.1, 0.15) is 13.8 Å². The smallest absolute Gasteiger partial charge is 0.0690 e. The number of nitrogens with zero attached hydrogens (tertiary/aromatic N) is 2. The summed E-state index contributed by atoms with van der Waals surface area (Å²) in [5.74, 6) is 0. The highest BCUT2D eigenvalue weighted by atomic mass is 32.1. The highest BCUT2D eigenvalue weighted by Crippen LogP contribution is 2.00. The number of thiol groups is 1. The van der Waals surface area contributed by atoms with Gasteiger partial charge in [-0.1, -0.05) is 32.0 Å². The van der Waals surface area contributed by atoms with Gasteiger partial charge >= 0.3 is 0 Å². The Morgan fingerprint density at radius 3 is 1.71 bits per heavy atom. The van der Waals surface area contributed by atoms with Gasteiger partial charge in [0.25, 0.3) is 0 Å². The molecule has 0 radical (unpaired) electrons. The highest BCUT2D eigenvalue weighted by molar-refractivity contribution is 7.80. The van der Waals surface area contributed by atoms with Crippen molar-refractivity contribution in [3.63, 3.8) is 0 Å². The molecule has 1 aromatic carbocycles. The molecule has 4 heteroatoms. The summed E-state index contributed by atoms with van der Waals surface area (Å²) in [5.41, 5.74) is 0. The van der Waals surface area contributed by atoms with Crippen LogP contribution < -0.4 is 0 Å². The molecule has 1 N–H and O–H groups in total. The minimum absolute atomic E-state index is 1.02. The van der Waals surface area contributed by atoms with E-state index < -0.39 is 0 Å². The second kappa shape index (κ2) is 9.80. The van der Waals surface area contributed by atoms with Gasteiger partial charge in [0, 0.05) is 4.90 Å². The topological polar surface area (TPSA) is 41.6 Å². The van der Waals surface area contributed by atoms with Crippen molar-refractivity contribution in [1.29, 1.82) is 0 Å². The lowest BCUT2D eigenvalue weighted by Crippen LogP contribution is -1.61. The van der Waals surface area contributed by atoms with E-state index in [0.29, 0.717) is 0 Å². The van der Waals surface area contributed by atoms with Crippen molar-refractivity contribution in [3.8, 4) is 0 Å². The third-order valence-electron chi connectivity index (χ3n) is 1.09. The first-order valence-corrected chi connectivity index (χ1v) is 4.88. The molecule has 14 heavy (non-hydrogen) atoms. The molecule has 0 bridgehead atoms. The molecular formula is C10H15N3S. The predicted molar refractivity (Wildman–Crippen MR) is 61.4 cm³/mol. The van der Waals surface area contributed by atoms with E-state index in [1.54, 1.807) is 12.4 Å². The van der Waals surface area contributed by atoms with Gasteiger partial charge in [0.1, 0.15) is 0 Å². The van der Waals surface area contributed by atoms with Gasteiger partial charge in [-0.15, -0.1) is 12.6 Å². The van der Waals surface area contributed by atoms with Crippen LogP contribution in [-0.4, -0.2) is 15.4 Å². The molecule has 1 aromatic heterocycles. The van der Waals surface area contributed by atoms with E-state index in [9.17, 15) is 0 Å². The molecule has 76 valence electrons. The summed E-state index contributed by atoms with van der Waals surface area (Å²) in [6.07, 6.45) is 3.17. The fourth-order valence-corrected chi connectivity index (χ4v) is 0.767. The van der Waals surface area contributed by atoms with Crippen molar-refractivity contribution in [2.24, 2.45) is 0 Å². The third-order valence-corrected chi connectivity index (χ3v) is 1.39. The van der Waals surface area contributed by atoms with Crippen LogP contribution in [0, 0.1) is 0 Å². The molecule has 0 aliphatic heterocycles. The number of aromatic amines is 1. The molecule has 2 rings (SSSR count). The standard InChI is InChI=1S/C6H6S.C2H3N3.C2H6/c7-6-4-2-1-3-5-6;1-2-4-5-3-1;1-2/h1-5,7H;1-2H,(H,3,4,5);1-2H3. The van der Waals surface area contributed by atoms with Gasteiger partial charge in [0.05, 0.1) is 12.4 Å². The van der Waals surface area contributed by atoms with E-state index >= 15 is 0 Å². The maximum absolute atomic E-state index is 4.08. The molecule has 2 aromatic rings. The quantitative estimate of drug-likeness (QED) is 0.655. The number of benzene rings is 1. The molecule has 0 fully saturated rings. The molecule has 3 nitrogen and oxygen atoms in total. The van der Waals surface area contributed by atoms with Gasteiger partial charge < -0.3 is 0 Å². The first-order chi connectivity index (χ1) is 6.89. The van der Waals surface area contributed by atoms with Gasteiger partial charge in [0.15, 0.2) is 0 Å². The van der Waals surface area contributed by atoms with Gasteiger partial charge in [-0.05, 0) is 12.1 Å². The van der Waals surface area contributed by atoms with E-state index in [-0.39, 0.29) is 0 Å². The predicted octanol–water partition coefficient (Wildman–Crippen LogP) is 2.81. The van der Waals surface area contributed by atoms with Crippen molar-refractivity contribution in [1.82, 2.24) is 15.4 Å². The Bertz CT molecular complexity index is 264. The average Bonchev–Trinajstić information content (AvgIpc) is 2.80. The summed E-state index contributed by atoms with van der Waals surface area (Å²) in [6, 6.07) is 9.79. The Labute approximate surface area is 90.0 Å². The van der Waals surface area contributed by atoms with Crippen LogP contribution in [0.2, 0.25) is 0 Å². The summed E-state index contributed by atoms with van der Waals surface area (Å²) >= 11 is 4.08. The van der Waals surface area contributed by atoms with Gasteiger partial charge in [-0.25, -0.2) is 0 Å². The van der Waals surface area contributed by atoms with E-state index in [0.717, 1.165) is 4.90 Å². The summed E-state index contributed by atoms with van der Waals surface area (Å²) in [6.45, 7) is 4.00. The first kappa shape index (κ1) is 12.7. The van der Waals surface area contributed by atoms with Crippen LogP contribution >= 0.6 is 12.6 Å². The molecular weight excluding hydrogens is 194 g/mol. The van der Waals surface area contributed by atoms with E-state index in [1.165, 1.54) is 0 Å². The SMILES string of the molecule is CC.Sc1ccccc1.c1cn[nH]n1. The number of nitrogens with one attached hydrogen (secondary N) is 1. The third kappa shape index (κ3) is 7.36. The Morgan fingerprint density at radius 2 is 1.50 bits per heavy atom. The van der Waals surface area contributed by atoms with Crippen molar-refractivity contribution >= 4 is 12.6 Å². The van der Waals surface area contributed by atoms with Crippen molar-refractivity contribution in [2.45, 2.75) is 18.7 Å². The number of hydrogen-bond acceptors (Lipinski definition) is 3. The molecule has 0 atom stereocenters. The van der Waals surface area contributed by atoms with E-state index in [1.807, 2.05) is 44.2 Å². The van der Waals surface area contributed by atoms with E-state index in [2.05, 4.69) is 28.0 Å². The van der Waals surface area contributed by atoms with Crippen LogP contribution in [-0.2, 0) is 0 Å². The number of H-pyrrole nitrogens is 1. The lowest BCUT2D eigenvalue weighted by Gasteiger charge is -1.81. The molecule has 1 heterocycles. The molecule has 0 amide bonds. The van der Waals surface area contributed by atoms with Crippen LogP contribution in [0.15, 0.2) is 47.6 Å². The van der Waals surface area contributed by atoms with Gasteiger partial charge in [-0.3, -0.25) is 0 Å². The van der Waals surface area contributed by atoms with Gasteiger partial charge in [0.2, 0.25) is 0 Å². The average molecular weight is 209 g/mol. The molecule has 0 aliphatic carbocycles. The zero-order chi connectivity index (χ0) is 10.6. The minimum atomic E-state index is 1.02. The largest absolute Gasteiger partial charge is 0.198 e. The van der Waals surface area contributed by atoms with Crippen LogP contribution in [0.4, 0.5) is 0 Å². The highest BCUT2D eigenvalue weighted by Gasteiger charge is 1.73. The van der Waals surface area contributed by atoms with Crippen LogP contribution in [0.5, 0.6) is 0 Å².